The van der Waals surface area contributed by atoms with Crippen LogP contribution in [0.2, 0.25) is 0 Å². The average molecular weight is 354 g/mol. The van der Waals surface area contributed by atoms with Crippen molar-refractivity contribution < 1.29 is 9.53 Å². The maximum atomic E-state index is 12.4. The molecule has 1 aromatic heterocycles. The molecule has 4 nitrogen and oxygen atoms in total. The Hall–Kier alpha value is -2.24. The number of amides is 1. The number of fused-ring (bicyclic) bond motifs is 1. The molecule has 1 amide bonds. The number of carbonyl (C=O) groups excluding carboxylic acids is 1. The largest absolute Gasteiger partial charge is 0.383 e. The summed E-state index contributed by atoms with van der Waals surface area (Å²) in [7, 11) is 1.68. The molecule has 0 radical (unpaired) electrons. The summed E-state index contributed by atoms with van der Waals surface area (Å²) in [6.07, 6.45) is 1.32. The van der Waals surface area contributed by atoms with E-state index in [9.17, 15) is 4.79 Å². The highest BCUT2D eigenvalue weighted by atomic mass is 32.1. The summed E-state index contributed by atoms with van der Waals surface area (Å²) in [5, 5.41) is 0. The number of hydrogen-bond acceptors (Lipinski definition) is 3. The van der Waals surface area contributed by atoms with E-state index < -0.39 is 0 Å². The van der Waals surface area contributed by atoms with Gasteiger partial charge in [0, 0.05) is 13.7 Å². The van der Waals surface area contributed by atoms with Crippen molar-refractivity contribution in [1.82, 2.24) is 4.57 Å². The summed E-state index contributed by atoms with van der Waals surface area (Å²) in [6.45, 7) is 3.38. The van der Waals surface area contributed by atoms with Gasteiger partial charge in [-0.05, 0) is 29.7 Å². The number of aromatic nitrogens is 1. The molecule has 130 valence electrons. The van der Waals surface area contributed by atoms with Crippen molar-refractivity contribution >= 4 is 27.5 Å². The number of methoxy groups -OCH3 is 1. The zero-order valence-corrected chi connectivity index (χ0v) is 15.4. The first-order chi connectivity index (χ1) is 12.2. The van der Waals surface area contributed by atoms with Crippen LogP contribution in [0.3, 0.4) is 0 Å². The van der Waals surface area contributed by atoms with Crippen LogP contribution in [0.5, 0.6) is 0 Å². The second-order valence-electron chi connectivity index (χ2n) is 5.85. The number of ether oxygens (including phenoxy) is 1. The molecule has 2 aromatic carbocycles. The number of rotatable bonds is 6. The van der Waals surface area contributed by atoms with E-state index in [4.69, 9.17) is 4.74 Å². The maximum absolute atomic E-state index is 12.4. The molecule has 0 spiro atoms. The molecule has 0 saturated carbocycles. The fourth-order valence-corrected chi connectivity index (χ4v) is 3.79. The summed E-state index contributed by atoms with van der Waals surface area (Å²) in [5.41, 5.74) is 3.36. The lowest BCUT2D eigenvalue weighted by molar-refractivity contribution is -0.117. The van der Waals surface area contributed by atoms with Gasteiger partial charge in [-0.15, -0.1) is 0 Å². The van der Waals surface area contributed by atoms with E-state index in [1.807, 2.05) is 24.3 Å². The zero-order valence-electron chi connectivity index (χ0n) is 14.6. The smallest absolute Gasteiger partial charge is 0.252 e. The molecule has 25 heavy (non-hydrogen) atoms. The van der Waals surface area contributed by atoms with Gasteiger partial charge in [0.05, 0.1) is 23.2 Å². The number of hydrogen-bond donors (Lipinski definition) is 0. The third kappa shape index (κ3) is 4.24. The van der Waals surface area contributed by atoms with Crippen LogP contribution in [0.1, 0.15) is 18.1 Å². The molecule has 0 fully saturated rings. The van der Waals surface area contributed by atoms with Crippen molar-refractivity contribution in [3.63, 3.8) is 0 Å². The molecule has 0 aliphatic heterocycles. The third-order valence-electron chi connectivity index (χ3n) is 4.11. The molecule has 0 aliphatic rings. The maximum Gasteiger partial charge on any atom is 0.252 e. The molecular weight excluding hydrogens is 332 g/mol. The standard InChI is InChI=1S/C20H22N2O2S/c1-3-15-8-10-16(11-9-15)14-19(23)21-20-22(12-13-24-2)17-6-4-5-7-18(17)25-20/h4-11H,3,12-14H2,1-2H3. The monoisotopic (exact) mass is 354 g/mol. The van der Waals surface area contributed by atoms with Crippen LogP contribution in [-0.2, 0) is 28.9 Å². The van der Waals surface area contributed by atoms with Gasteiger partial charge in [0.2, 0.25) is 0 Å². The van der Waals surface area contributed by atoms with E-state index in [0.717, 1.165) is 27.0 Å². The second kappa shape index (κ2) is 8.23. The fourth-order valence-electron chi connectivity index (χ4n) is 2.72. The summed E-state index contributed by atoms with van der Waals surface area (Å²) >= 11 is 1.54. The van der Waals surface area contributed by atoms with Crippen LogP contribution in [0.25, 0.3) is 10.2 Å². The first kappa shape index (κ1) is 17.6. The van der Waals surface area contributed by atoms with E-state index in [1.54, 1.807) is 7.11 Å². The Morgan fingerprint density at radius 3 is 2.56 bits per heavy atom. The van der Waals surface area contributed by atoms with Gasteiger partial charge in [-0.3, -0.25) is 4.79 Å². The Bertz CT molecular complexity index is 923. The van der Waals surface area contributed by atoms with Crippen LogP contribution < -0.4 is 4.80 Å². The number of carbonyl (C=O) groups is 1. The van der Waals surface area contributed by atoms with Gasteiger partial charge >= 0.3 is 0 Å². The predicted molar refractivity (Wildman–Crippen MR) is 102 cm³/mol. The molecule has 0 saturated heterocycles. The number of para-hydroxylation sites is 1. The summed E-state index contributed by atoms with van der Waals surface area (Å²) < 4.78 is 8.38. The van der Waals surface area contributed by atoms with Gasteiger partial charge in [0.1, 0.15) is 0 Å². The van der Waals surface area contributed by atoms with Crippen molar-refractivity contribution in [2.24, 2.45) is 4.99 Å². The Kier molecular flexibility index (Phi) is 5.79. The quantitative estimate of drug-likeness (QED) is 0.679. The van der Waals surface area contributed by atoms with Crippen molar-refractivity contribution in [2.45, 2.75) is 26.3 Å². The van der Waals surface area contributed by atoms with Crippen molar-refractivity contribution in [2.75, 3.05) is 13.7 Å². The normalized spacial score (nSPS) is 12.0. The van der Waals surface area contributed by atoms with Crippen molar-refractivity contribution in [1.29, 1.82) is 0 Å². The third-order valence-corrected chi connectivity index (χ3v) is 5.17. The van der Waals surface area contributed by atoms with Gasteiger partial charge in [-0.2, -0.15) is 4.99 Å². The van der Waals surface area contributed by atoms with E-state index in [0.29, 0.717) is 19.6 Å². The number of benzene rings is 2. The van der Waals surface area contributed by atoms with Crippen molar-refractivity contribution in [3.05, 3.63) is 64.5 Å². The molecule has 0 bridgehead atoms. The first-order valence-electron chi connectivity index (χ1n) is 8.44. The van der Waals surface area contributed by atoms with Crippen LogP contribution >= 0.6 is 11.3 Å². The first-order valence-corrected chi connectivity index (χ1v) is 9.25. The number of nitrogens with zero attached hydrogens (tertiary/aromatic N) is 2. The highest BCUT2D eigenvalue weighted by Gasteiger charge is 2.08. The Morgan fingerprint density at radius 2 is 1.84 bits per heavy atom. The molecule has 1 heterocycles. The van der Waals surface area contributed by atoms with Gasteiger partial charge in [0.15, 0.2) is 4.80 Å². The van der Waals surface area contributed by atoms with Gasteiger partial charge in [-0.1, -0.05) is 54.7 Å². The summed E-state index contributed by atoms with van der Waals surface area (Å²) in [6, 6.07) is 16.3. The fraction of sp³-hybridized carbons (Fsp3) is 0.300. The van der Waals surface area contributed by atoms with Gasteiger partial charge in [-0.25, -0.2) is 0 Å². The minimum Gasteiger partial charge on any atom is -0.383 e. The zero-order chi connectivity index (χ0) is 17.6. The lowest BCUT2D eigenvalue weighted by Crippen LogP contribution is -2.19. The topological polar surface area (TPSA) is 43.6 Å². The lowest BCUT2D eigenvalue weighted by atomic mass is 10.1. The molecule has 0 atom stereocenters. The van der Waals surface area contributed by atoms with E-state index in [1.165, 1.54) is 16.9 Å². The van der Waals surface area contributed by atoms with Crippen LogP contribution in [0.4, 0.5) is 0 Å². The molecule has 0 aliphatic carbocycles. The minimum atomic E-state index is -0.123. The summed E-state index contributed by atoms with van der Waals surface area (Å²) in [5.74, 6) is -0.123. The highest BCUT2D eigenvalue weighted by Crippen LogP contribution is 2.16. The van der Waals surface area contributed by atoms with Crippen LogP contribution in [0.15, 0.2) is 53.5 Å². The molecular formula is C20H22N2O2S. The molecule has 0 N–H and O–H groups in total. The number of aryl methyl sites for hydroxylation is 1. The number of thiazole rings is 1. The lowest BCUT2D eigenvalue weighted by Gasteiger charge is -2.04. The Labute approximate surface area is 151 Å². The SMILES string of the molecule is CCc1ccc(CC(=O)N=c2sc3ccccc3n2CCOC)cc1. The van der Waals surface area contributed by atoms with Gasteiger partial charge < -0.3 is 9.30 Å². The average Bonchev–Trinajstić information content (AvgIpc) is 2.97. The van der Waals surface area contributed by atoms with Gasteiger partial charge in [0.25, 0.3) is 5.91 Å². The Balaban J connectivity index is 1.89. The predicted octanol–water partition coefficient (Wildman–Crippen LogP) is 3.58. The second-order valence-corrected chi connectivity index (χ2v) is 6.86. The minimum absolute atomic E-state index is 0.123. The molecule has 3 rings (SSSR count). The van der Waals surface area contributed by atoms with Crippen LogP contribution in [-0.4, -0.2) is 24.2 Å². The van der Waals surface area contributed by atoms with Crippen LogP contribution in [0, 0.1) is 0 Å². The molecule has 0 unspecified atom stereocenters. The molecule has 5 heteroatoms. The Morgan fingerprint density at radius 1 is 1.12 bits per heavy atom. The molecule has 3 aromatic rings. The highest BCUT2D eigenvalue weighted by molar-refractivity contribution is 7.16. The van der Waals surface area contributed by atoms with E-state index in [2.05, 4.69) is 40.7 Å². The summed E-state index contributed by atoms with van der Waals surface area (Å²) in [4.78, 5) is 17.5. The van der Waals surface area contributed by atoms with Crippen molar-refractivity contribution in [3.8, 4) is 0 Å². The van der Waals surface area contributed by atoms with E-state index >= 15 is 0 Å². The van der Waals surface area contributed by atoms with E-state index in [-0.39, 0.29) is 5.91 Å².